The molecule has 5 heteroatoms. The lowest BCUT2D eigenvalue weighted by atomic mass is 9.84. The Morgan fingerprint density at radius 2 is 1.71 bits per heavy atom. The SMILES string of the molecule is COC(=O)C(C)(C)Oc1cccc(C2CC(CN(C)Cc3cccc4ccccc34)Oc3ccccc32)c1. The van der Waals surface area contributed by atoms with Crippen LogP contribution in [0.4, 0.5) is 0 Å². The number of hydrogen-bond acceptors (Lipinski definition) is 5. The van der Waals surface area contributed by atoms with E-state index < -0.39 is 11.6 Å². The van der Waals surface area contributed by atoms with Gasteiger partial charge in [-0.05, 0) is 67.4 Å². The van der Waals surface area contributed by atoms with Crippen LogP contribution in [0.1, 0.15) is 42.9 Å². The van der Waals surface area contributed by atoms with Gasteiger partial charge in [0.1, 0.15) is 17.6 Å². The molecule has 0 radical (unpaired) electrons. The molecule has 4 aromatic carbocycles. The second-order valence-electron chi connectivity index (χ2n) is 10.6. The number of fused-ring (bicyclic) bond motifs is 2. The molecule has 38 heavy (non-hydrogen) atoms. The molecule has 196 valence electrons. The topological polar surface area (TPSA) is 48.0 Å². The van der Waals surface area contributed by atoms with Gasteiger partial charge in [0.2, 0.25) is 0 Å². The quantitative estimate of drug-likeness (QED) is 0.251. The summed E-state index contributed by atoms with van der Waals surface area (Å²) in [7, 11) is 3.53. The summed E-state index contributed by atoms with van der Waals surface area (Å²) in [5, 5.41) is 2.56. The van der Waals surface area contributed by atoms with E-state index in [0.29, 0.717) is 5.75 Å². The second-order valence-corrected chi connectivity index (χ2v) is 10.6. The van der Waals surface area contributed by atoms with Gasteiger partial charge in [0.05, 0.1) is 7.11 Å². The van der Waals surface area contributed by atoms with Crippen LogP contribution >= 0.6 is 0 Å². The van der Waals surface area contributed by atoms with Crippen molar-refractivity contribution in [2.75, 3.05) is 20.7 Å². The summed E-state index contributed by atoms with van der Waals surface area (Å²) in [5.74, 6) is 1.31. The van der Waals surface area contributed by atoms with E-state index in [1.165, 1.54) is 29.0 Å². The molecule has 0 saturated heterocycles. The van der Waals surface area contributed by atoms with Crippen molar-refractivity contribution in [3.8, 4) is 11.5 Å². The Balaban J connectivity index is 1.36. The van der Waals surface area contributed by atoms with Gasteiger partial charge in [0.25, 0.3) is 0 Å². The number of carbonyl (C=O) groups is 1. The molecular formula is C33H35NO4. The van der Waals surface area contributed by atoms with Gasteiger partial charge in [0, 0.05) is 24.6 Å². The number of rotatable bonds is 8. The maximum Gasteiger partial charge on any atom is 0.349 e. The molecule has 2 unspecified atom stereocenters. The average Bonchev–Trinajstić information content (AvgIpc) is 2.92. The number of esters is 1. The lowest BCUT2D eigenvalue weighted by Crippen LogP contribution is -2.39. The molecule has 0 N–H and O–H groups in total. The van der Waals surface area contributed by atoms with E-state index in [9.17, 15) is 4.79 Å². The van der Waals surface area contributed by atoms with Crippen LogP contribution in [0.2, 0.25) is 0 Å². The zero-order valence-electron chi connectivity index (χ0n) is 22.5. The Labute approximate surface area is 224 Å². The third-order valence-electron chi connectivity index (χ3n) is 7.23. The molecule has 0 bridgehead atoms. The number of benzene rings is 4. The smallest absolute Gasteiger partial charge is 0.349 e. The fraction of sp³-hybridized carbons (Fsp3) is 0.303. The summed E-state index contributed by atoms with van der Waals surface area (Å²) in [6.07, 6.45) is 0.881. The Morgan fingerprint density at radius 1 is 0.974 bits per heavy atom. The standard InChI is InChI=1S/C33H35NO4/c1-33(2,32(35)36-4)38-26-15-10-13-24(19-26)30-20-27(37-31-18-8-7-17-29(30)31)22-34(3)21-25-14-9-12-23-11-5-6-16-28(23)25/h5-19,27,30H,20-22H2,1-4H3. The molecule has 0 amide bonds. The Morgan fingerprint density at radius 3 is 2.55 bits per heavy atom. The number of likely N-dealkylation sites (N-methyl/N-ethyl adjacent to an activating group) is 1. The summed E-state index contributed by atoms with van der Waals surface area (Å²) in [4.78, 5) is 14.5. The molecule has 0 aliphatic carbocycles. The first kappa shape index (κ1) is 25.8. The fourth-order valence-corrected chi connectivity index (χ4v) is 5.43. The van der Waals surface area contributed by atoms with E-state index in [2.05, 4.69) is 78.7 Å². The second kappa shape index (κ2) is 10.9. The molecular weight excluding hydrogens is 474 g/mol. The molecule has 1 aliphatic heterocycles. The van der Waals surface area contributed by atoms with Crippen LogP contribution < -0.4 is 9.47 Å². The molecule has 0 spiro atoms. The first-order valence-electron chi connectivity index (χ1n) is 13.1. The predicted octanol–water partition coefficient (Wildman–Crippen LogP) is 6.59. The van der Waals surface area contributed by atoms with Gasteiger partial charge in [-0.1, -0.05) is 72.8 Å². The van der Waals surface area contributed by atoms with Gasteiger partial charge in [-0.3, -0.25) is 4.90 Å². The van der Waals surface area contributed by atoms with Gasteiger partial charge >= 0.3 is 5.97 Å². The highest BCUT2D eigenvalue weighted by Crippen LogP contribution is 2.41. The maximum absolute atomic E-state index is 12.2. The Hall–Kier alpha value is -3.83. The predicted molar refractivity (Wildman–Crippen MR) is 151 cm³/mol. The molecule has 4 aromatic rings. The lowest BCUT2D eigenvalue weighted by Gasteiger charge is -2.35. The maximum atomic E-state index is 12.2. The Bertz CT molecular complexity index is 1420. The molecule has 1 aliphatic rings. The van der Waals surface area contributed by atoms with Gasteiger partial charge in [-0.15, -0.1) is 0 Å². The molecule has 5 rings (SSSR count). The minimum atomic E-state index is -1.08. The van der Waals surface area contributed by atoms with E-state index in [1.54, 1.807) is 13.8 Å². The van der Waals surface area contributed by atoms with Crippen molar-refractivity contribution in [2.24, 2.45) is 0 Å². The summed E-state index contributed by atoms with van der Waals surface area (Å²) >= 11 is 0. The van der Waals surface area contributed by atoms with Gasteiger partial charge in [-0.2, -0.15) is 0 Å². The molecule has 0 fully saturated rings. The van der Waals surface area contributed by atoms with E-state index in [4.69, 9.17) is 14.2 Å². The van der Waals surface area contributed by atoms with E-state index in [-0.39, 0.29) is 12.0 Å². The molecule has 2 atom stereocenters. The molecule has 0 saturated carbocycles. The first-order chi connectivity index (χ1) is 18.3. The van der Waals surface area contributed by atoms with Crippen LogP contribution in [0.25, 0.3) is 10.8 Å². The number of nitrogens with zero attached hydrogens (tertiary/aromatic N) is 1. The van der Waals surface area contributed by atoms with Crippen LogP contribution in [0, 0.1) is 0 Å². The van der Waals surface area contributed by atoms with Gasteiger partial charge in [-0.25, -0.2) is 4.79 Å². The van der Waals surface area contributed by atoms with Crippen molar-refractivity contribution in [2.45, 2.75) is 44.4 Å². The molecule has 0 aromatic heterocycles. The average molecular weight is 510 g/mol. The van der Waals surface area contributed by atoms with Crippen LogP contribution in [-0.2, 0) is 16.1 Å². The van der Waals surface area contributed by atoms with Gasteiger partial charge in [0.15, 0.2) is 5.60 Å². The first-order valence-corrected chi connectivity index (χ1v) is 13.1. The fourth-order valence-electron chi connectivity index (χ4n) is 5.43. The minimum Gasteiger partial charge on any atom is -0.489 e. The highest BCUT2D eigenvalue weighted by molar-refractivity contribution is 5.85. The number of hydrogen-bond donors (Lipinski definition) is 0. The zero-order chi connectivity index (χ0) is 26.7. The third kappa shape index (κ3) is 5.53. The van der Waals surface area contributed by atoms with E-state index in [1.807, 2.05) is 24.3 Å². The summed E-state index contributed by atoms with van der Waals surface area (Å²) in [5.41, 5.74) is 2.55. The molecule has 5 nitrogen and oxygen atoms in total. The number of ether oxygens (including phenoxy) is 3. The zero-order valence-corrected chi connectivity index (χ0v) is 22.5. The molecule has 1 heterocycles. The summed E-state index contributed by atoms with van der Waals surface area (Å²) < 4.78 is 17.5. The van der Waals surface area contributed by atoms with Crippen molar-refractivity contribution in [1.29, 1.82) is 0 Å². The summed E-state index contributed by atoms with van der Waals surface area (Å²) in [6.45, 7) is 5.09. The highest BCUT2D eigenvalue weighted by atomic mass is 16.6. The van der Waals surface area contributed by atoms with E-state index >= 15 is 0 Å². The number of para-hydroxylation sites is 1. The monoisotopic (exact) mass is 509 g/mol. The normalized spacial score (nSPS) is 17.1. The highest BCUT2D eigenvalue weighted by Gasteiger charge is 2.33. The summed E-state index contributed by atoms with van der Waals surface area (Å²) in [6, 6.07) is 31.3. The number of carbonyl (C=O) groups excluding carboxylic acids is 1. The lowest BCUT2D eigenvalue weighted by molar-refractivity contribution is -0.156. The number of methoxy groups -OCH3 is 1. The van der Waals surface area contributed by atoms with Crippen molar-refractivity contribution in [3.63, 3.8) is 0 Å². The van der Waals surface area contributed by atoms with Crippen LogP contribution in [0.5, 0.6) is 11.5 Å². The van der Waals surface area contributed by atoms with Crippen LogP contribution in [0.3, 0.4) is 0 Å². The largest absolute Gasteiger partial charge is 0.489 e. The van der Waals surface area contributed by atoms with Crippen molar-refractivity contribution in [3.05, 3.63) is 108 Å². The Kier molecular flexibility index (Phi) is 7.39. The van der Waals surface area contributed by atoms with Crippen molar-refractivity contribution in [1.82, 2.24) is 4.90 Å². The van der Waals surface area contributed by atoms with Crippen LogP contribution in [0.15, 0.2) is 91.0 Å². The van der Waals surface area contributed by atoms with E-state index in [0.717, 1.165) is 30.8 Å². The minimum absolute atomic E-state index is 0.0333. The van der Waals surface area contributed by atoms with Gasteiger partial charge < -0.3 is 14.2 Å². The van der Waals surface area contributed by atoms with Crippen molar-refractivity contribution < 1.29 is 19.0 Å². The third-order valence-corrected chi connectivity index (χ3v) is 7.23. The van der Waals surface area contributed by atoms with Crippen molar-refractivity contribution >= 4 is 16.7 Å². The van der Waals surface area contributed by atoms with Crippen LogP contribution in [-0.4, -0.2) is 43.3 Å².